The highest BCUT2D eigenvalue weighted by molar-refractivity contribution is 5.89. The van der Waals surface area contributed by atoms with E-state index in [0.29, 0.717) is 22.2 Å². The van der Waals surface area contributed by atoms with Crippen molar-refractivity contribution in [2.75, 3.05) is 7.11 Å². The molecule has 0 spiro atoms. The fourth-order valence-corrected chi connectivity index (χ4v) is 2.67. The minimum Gasteiger partial charge on any atom is -0.465 e. The summed E-state index contributed by atoms with van der Waals surface area (Å²) in [6.45, 7) is 2.05. The van der Waals surface area contributed by atoms with Gasteiger partial charge in [0.05, 0.1) is 36.3 Å². The minimum atomic E-state index is -0.489. The number of rotatable bonds is 5. The molecule has 0 bridgehead atoms. The van der Waals surface area contributed by atoms with Crippen LogP contribution in [0.3, 0.4) is 0 Å². The molecule has 7 nitrogen and oxygen atoms in total. The van der Waals surface area contributed by atoms with Crippen LogP contribution in [0.5, 0.6) is 5.75 Å². The lowest BCUT2D eigenvalue weighted by Crippen LogP contribution is -2.23. The molecule has 0 aliphatic heterocycles. The van der Waals surface area contributed by atoms with Crippen LogP contribution < -0.4 is 10.3 Å². The number of nitrogens with zero attached hydrogens (tertiary/aromatic N) is 2. The van der Waals surface area contributed by atoms with Crippen molar-refractivity contribution >= 4 is 22.8 Å². The standard InChI is InChI=1S/C20H18N2O5/c1-13-4-3-5-16-18(13)21-12-22(19(16)24)11-10-17(23)27-15-8-6-14(7-9-15)20(25)26-2/h3-9,12H,10-11H2,1-2H3. The van der Waals surface area contributed by atoms with Crippen LogP contribution in [0, 0.1) is 6.92 Å². The van der Waals surface area contributed by atoms with E-state index >= 15 is 0 Å². The molecule has 1 heterocycles. The molecule has 1 aromatic heterocycles. The lowest BCUT2D eigenvalue weighted by atomic mass is 10.1. The second-order valence-corrected chi connectivity index (χ2v) is 5.95. The van der Waals surface area contributed by atoms with E-state index in [4.69, 9.17) is 4.74 Å². The molecule has 0 fully saturated rings. The number of aryl methyl sites for hydroxylation is 2. The summed E-state index contributed by atoms with van der Waals surface area (Å²) in [7, 11) is 1.29. The molecule has 7 heteroatoms. The Morgan fingerprint density at radius 1 is 1.11 bits per heavy atom. The van der Waals surface area contributed by atoms with Crippen LogP contribution in [0.25, 0.3) is 10.9 Å². The van der Waals surface area contributed by atoms with Crippen molar-refractivity contribution in [2.24, 2.45) is 0 Å². The van der Waals surface area contributed by atoms with Crippen LogP contribution in [0.2, 0.25) is 0 Å². The Hall–Kier alpha value is -3.48. The molecule has 27 heavy (non-hydrogen) atoms. The summed E-state index contributed by atoms with van der Waals surface area (Å²) >= 11 is 0. The molecule has 3 aromatic rings. The van der Waals surface area contributed by atoms with E-state index in [-0.39, 0.29) is 18.5 Å². The lowest BCUT2D eigenvalue weighted by molar-refractivity contribution is -0.134. The maximum Gasteiger partial charge on any atom is 0.337 e. The van der Waals surface area contributed by atoms with E-state index in [0.717, 1.165) is 5.56 Å². The second kappa shape index (κ2) is 7.82. The van der Waals surface area contributed by atoms with Gasteiger partial charge in [0.15, 0.2) is 0 Å². The number of hydrogen-bond donors (Lipinski definition) is 0. The Bertz CT molecular complexity index is 1050. The normalized spacial score (nSPS) is 10.6. The number of aromatic nitrogens is 2. The Kier molecular flexibility index (Phi) is 5.30. The van der Waals surface area contributed by atoms with Gasteiger partial charge in [-0.05, 0) is 42.8 Å². The van der Waals surface area contributed by atoms with E-state index in [1.54, 1.807) is 12.1 Å². The predicted molar refractivity (Wildman–Crippen MR) is 98.8 cm³/mol. The summed E-state index contributed by atoms with van der Waals surface area (Å²) < 4.78 is 11.2. The number of carbonyl (C=O) groups excluding carboxylic acids is 2. The highest BCUT2D eigenvalue weighted by Gasteiger charge is 2.10. The van der Waals surface area contributed by atoms with E-state index in [9.17, 15) is 14.4 Å². The highest BCUT2D eigenvalue weighted by atomic mass is 16.5. The Morgan fingerprint density at radius 3 is 2.56 bits per heavy atom. The fraction of sp³-hybridized carbons (Fsp3) is 0.200. The van der Waals surface area contributed by atoms with Gasteiger partial charge in [-0.1, -0.05) is 12.1 Å². The number of ether oxygens (including phenoxy) is 2. The summed E-state index contributed by atoms with van der Waals surface area (Å²) in [4.78, 5) is 40.2. The van der Waals surface area contributed by atoms with E-state index in [1.807, 2.05) is 13.0 Å². The van der Waals surface area contributed by atoms with Gasteiger partial charge in [-0.3, -0.25) is 14.2 Å². The zero-order valence-electron chi connectivity index (χ0n) is 15.0. The fourth-order valence-electron chi connectivity index (χ4n) is 2.67. The monoisotopic (exact) mass is 366 g/mol. The van der Waals surface area contributed by atoms with Crippen LogP contribution in [0.15, 0.2) is 53.6 Å². The van der Waals surface area contributed by atoms with Crippen molar-refractivity contribution in [3.63, 3.8) is 0 Å². The SMILES string of the molecule is COC(=O)c1ccc(OC(=O)CCn2cnc3c(C)cccc3c2=O)cc1. The molecule has 0 amide bonds. The summed E-state index contributed by atoms with van der Waals surface area (Å²) in [6.07, 6.45) is 1.45. The number of esters is 2. The first-order chi connectivity index (χ1) is 13.0. The topological polar surface area (TPSA) is 87.5 Å². The lowest BCUT2D eigenvalue weighted by Gasteiger charge is -2.08. The number of hydrogen-bond acceptors (Lipinski definition) is 6. The molecule has 0 unspecified atom stereocenters. The molecule has 0 radical (unpaired) electrons. The van der Waals surface area contributed by atoms with Crippen molar-refractivity contribution in [2.45, 2.75) is 19.9 Å². The molecule has 0 atom stereocenters. The van der Waals surface area contributed by atoms with Gasteiger partial charge >= 0.3 is 11.9 Å². The number of fused-ring (bicyclic) bond motifs is 1. The second-order valence-electron chi connectivity index (χ2n) is 5.95. The Labute approximate surface area is 155 Å². The van der Waals surface area contributed by atoms with Crippen molar-refractivity contribution in [3.05, 3.63) is 70.3 Å². The first kappa shape index (κ1) is 18.3. The van der Waals surface area contributed by atoms with Crippen LogP contribution in [-0.4, -0.2) is 28.6 Å². The van der Waals surface area contributed by atoms with Crippen LogP contribution in [-0.2, 0) is 16.1 Å². The van der Waals surface area contributed by atoms with Crippen molar-refractivity contribution < 1.29 is 19.1 Å². The summed E-state index contributed by atoms with van der Waals surface area (Å²) in [6, 6.07) is 11.4. The molecule has 0 saturated heterocycles. The molecular weight excluding hydrogens is 348 g/mol. The molecule has 138 valence electrons. The zero-order valence-corrected chi connectivity index (χ0v) is 15.0. The number of benzene rings is 2. The van der Waals surface area contributed by atoms with E-state index < -0.39 is 11.9 Å². The van der Waals surface area contributed by atoms with Crippen molar-refractivity contribution in [1.82, 2.24) is 9.55 Å². The maximum absolute atomic E-state index is 12.5. The third kappa shape index (κ3) is 4.03. The number of carbonyl (C=O) groups is 2. The van der Waals surface area contributed by atoms with Crippen molar-refractivity contribution in [3.8, 4) is 5.75 Å². The van der Waals surface area contributed by atoms with Gasteiger partial charge < -0.3 is 9.47 Å². The molecule has 2 aromatic carbocycles. The number of para-hydroxylation sites is 1. The van der Waals surface area contributed by atoms with Gasteiger partial charge in [-0.25, -0.2) is 9.78 Å². The first-order valence-electron chi connectivity index (χ1n) is 8.33. The van der Waals surface area contributed by atoms with Crippen LogP contribution >= 0.6 is 0 Å². The van der Waals surface area contributed by atoms with Gasteiger partial charge in [0, 0.05) is 6.54 Å². The molecular formula is C20H18N2O5. The average molecular weight is 366 g/mol. The van der Waals surface area contributed by atoms with Crippen LogP contribution in [0.1, 0.15) is 22.3 Å². The molecule has 0 aliphatic rings. The van der Waals surface area contributed by atoms with E-state index in [2.05, 4.69) is 9.72 Å². The van der Waals surface area contributed by atoms with Gasteiger partial charge in [-0.2, -0.15) is 0 Å². The van der Waals surface area contributed by atoms with E-state index in [1.165, 1.54) is 42.3 Å². The third-order valence-corrected chi connectivity index (χ3v) is 4.12. The van der Waals surface area contributed by atoms with Gasteiger partial charge in [-0.15, -0.1) is 0 Å². The summed E-state index contributed by atoms with van der Waals surface area (Å²) in [5.74, 6) is -0.643. The predicted octanol–water partition coefficient (Wildman–Crippen LogP) is 2.49. The minimum absolute atomic E-state index is 0.0116. The quantitative estimate of drug-likeness (QED) is 0.509. The van der Waals surface area contributed by atoms with Gasteiger partial charge in [0.2, 0.25) is 0 Å². The zero-order chi connectivity index (χ0) is 19.4. The largest absolute Gasteiger partial charge is 0.465 e. The Balaban J connectivity index is 1.66. The van der Waals surface area contributed by atoms with Crippen molar-refractivity contribution in [1.29, 1.82) is 0 Å². The Morgan fingerprint density at radius 2 is 1.85 bits per heavy atom. The first-order valence-corrected chi connectivity index (χ1v) is 8.33. The average Bonchev–Trinajstić information content (AvgIpc) is 2.68. The molecule has 3 rings (SSSR count). The summed E-state index contributed by atoms with van der Waals surface area (Å²) in [5, 5.41) is 0.518. The summed E-state index contributed by atoms with van der Waals surface area (Å²) in [5.41, 5.74) is 1.75. The van der Waals surface area contributed by atoms with Crippen LogP contribution in [0.4, 0.5) is 0 Å². The number of methoxy groups -OCH3 is 1. The molecule has 0 N–H and O–H groups in total. The smallest absolute Gasteiger partial charge is 0.337 e. The van der Waals surface area contributed by atoms with Gasteiger partial charge in [0.25, 0.3) is 5.56 Å². The molecule has 0 aliphatic carbocycles. The highest BCUT2D eigenvalue weighted by Crippen LogP contribution is 2.14. The molecule has 0 saturated carbocycles. The maximum atomic E-state index is 12.5. The van der Waals surface area contributed by atoms with Gasteiger partial charge in [0.1, 0.15) is 5.75 Å². The third-order valence-electron chi connectivity index (χ3n) is 4.12.